The molecular formula is C10H2F20O3S. The molecule has 0 aliphatic rings. The van der Waals surface area contributed by atoms with Gasteiger partial charge in [0, 0.05) is 0 Å². The smallest absolute Gasteiger partial charge is 0.256 e. The third kappa shape index (κ3) is 4.42. The fourth-order valence-corrected chi connectivity index (χ4v) is 2.40. The van der Waals surface area contributed by atoms with Crippen molar-refractivity contribution in [1.29, 1.82) is 0 Å². The van der Waals surface area contributed by atoms with Crippen LogP contribution in [0.4, 0.5) is 87.8 Å². The minimum atomic E-state index is -9.08. The molecule has 0 unspecified atom stereocenters. The first-order valence-electron chi connectivity index (χ1n) is 6.88. The molecule has 0 amide bonds. The second-order valence-corrected chi connectivity index (χ2v) is 7.45. The average Bonchev–Trinajstić information content (AvgIpc) is 2.57. The summed E-state index contributed by atoms with van der Waals surface area (Å²) < 4.78 is 278. The molecule has 0 aromatic heterocycles. The van der Waals surface area contributed by atoms with Crippen molar-refractivity contribution >= 4 is 10.1 Å². The van der Waals surface area contributed by atoms with Gasteiger partial charge in [-0.25, -0.2) is 0 Å². The van der Waals surface area contributed by atoms with Gasteiger partial charge in [-0.3, -0.25) is 4.18 Å². The van der Waals surface area contributed by atoms with Gasteiger partial charge in [-0.2, -0.15) is 96.2 Å². The standard InChI is InChI=1S/C10H2F20O3S/c11-2(12,13)1-33-34(31,32)10(29,30)8(24,25)6(20,21)4(16,17)3(14,15)5(18,19)7(22,23)9(26,27)28/h1H2. The van der Waals surface area contributed by atoms with E-state index in [-0.39, 0.29) is 0 Å². The molecule has 0 aromatic rings. The average molecular weight is 582 g/mol. The van der Waals surface area contributed by atoms with Crippen LogP contribution in [0.1, 0.15) is 0 Å². The summed E-state index contributed by atoms with van der Waals surface area (Å²) in [7, 11) is -8.20. The van der Waals surface area contributed by atoms with Crippen LogP contribution in [0, 0.1) is 0 Å². The van der Waals surface area contributed by atoms with E-state index in [1.54, 1.807) is 0 Å². The van der Waals surface area contributed by atoms with Crippen molar-refractivity contribution in [2.45, 2.75) is 53.1 Å². The van der Waals surface area contributed by atoms with Crippen LogP contribution in [-0.4, -0.2) is 68.2 Å². The van der Waals surface area contributed by atoms with Gasteiger partial charge < -0.3 is 0 Å². The molecule has 0 aliphatic carbocycles. The van der Waals surface area contributed by atoms with Crippen molar-refractivity contribution in [3.05, 3.63) is 0 Å². The third-order valence-electron chi connectivity index (χ3n) is 3.38. The maximum absolute atomic E-state index is 13.3. The van der Waals surface area contributed by atoms with Crippen molar-refractivity contribution in [1.82, 2.24) is 0 Å². The summed E-state index contributed by atoms with van der Waals surface area (Å²) in [5, 5.41) is -8.14. The topological polar surface area (TPSA) is 43.4 Å². The second kappa shape index (κ2) is 8.01. The summed E-state index contributed by atoms with van der Waals surface area (Å²) >= 11 is 0. The fourth-order valence-electron chi connectivity index (χ4n) is 1.52. The molecule has 0 spiro atoms. The number of halogens is 20. The zero-order valence-electron chi connectivity index (χ0n) is 14.4. The number of rotatable bonds is 9. The van der Waals surface area contributed by atoms with E-state index in [0.717, 1.165) is 0 Å². The summed E-state index contributed by atoms with van der Waals surface area (Å²) in [6.07, 6.45) is -14.0. The highest BCUT2D eigenvalue weighted by Crippen LogP contribution is 2.64. The molecule has 206 valence electrons. The molecule has 0 rings (SSSR count). The van der Waals surface area contributed by atoms with E-state index in [1.807, 2.05) is 0 Å². The van der Waals surface area contributed by atoms with Crippen LogP contribution in [0.15, 0.2) is 0 Å². The molecule has 0 aromatic carbocycles. The Hall–Kier alpha value is -1.49. The van der Waals surface area contributed by atoms with Crippen molar-refractivity contribution in [3.63, 3.8) is 0 Å². The Bertz CT molecular complexity index is 849. The van der Waals surface area contributed by atoms with Crippen molar-refractivity contribution in [2.24, 2.45) is 0 Å². The van der Waals surface area contributed by atoms with Gasteiger partial charge in [-0.1, -0.05) is 0 Å². The molecule has 0 heterocycles. The molecule has 34 heavy (non-hydrogen) atoms. The van der Waals surface area contributed by atoms with Gasteiger partial charge in [0.1, 0.15) is 0 Å². The predicted molar refractivity (Wildman–Crippen MR) is 61.6 cm³/mol. The van der Waals surface area contributed by atoms with Crippen molar-refractivity contribution < 1.29 is 100 Å². The lowest BCUT2D eigenvalue weighted by molar-refractivity contribution is -0.458. The summed E-state index contributed by atoms with van der Waals surface area (Å²) in [5.74, 6) is -53.0. The van der Waals surface area contributed by atoms with Gasteiger partial charge >= 0.3 is 63.3 Å². The Morgan fingerprint density at radius 3 is 0.971 bits per heavy atom. The Kier molecular flexibility index (Phi) is 7.66. The minimum Gasteiger partial charge on any atom is -0.256 e. The molecule has 0 radical (unpaired) electrons. The molecule has 0 bridgehead atoms. The summed E-state index contributed by atoms with van der Waals surface area (Å²) in [6, 6.07) is 0. The van der Waals surface area contributed by atoms with Crippen LogP contribution in [0.3, 0.4) is 0 Å². The Morgan fingerprint density at radius 1 is 0.441 bits per heavy atom. The lowest BCUT2D eigenvalue weighted by atomic mass is 9.91. The maximum Gasteiger partial charge on any atom is 0.460 e. The van der Waals surface area contributed by atoms with E-state index in [1.165, 1.54) is 0 Å². The number of hydrogen-bond donors (Lipinski definition) is 0. The van der Waals surface area contributed by atoms with E-state index in [2.05, 4.69) is 4.18 Å². The quantitative estimate of drug-likeness (QED) is 0.253. The lowest BCUT2D eigenvalue weighted by Gasteiger charge is -2.42. The van der Waals surface area contributed by atoms with E-state index in [9.17, 15) is 96.2 Å². The molecular weight excluding hydrogens is 580 g/mol. The minimum absolute atomic E-state index is 2.14. The largest absolute Gasteiger partial charge is 0.460 e. The highest BCUT2D eigenvalue weighted by Gasteiger charge is 2.96. The van der Waals surface area contributed by atoms with Crippen LogP contribution in [-0.2, 0) is 14.3 Å². The Balaban J connectivity index is 6.83. The molecule has 3 nitrogen and oxygen atoms in total. The van der Waals surface area contributed by atoms with Gasteiger partial charge in [-0.05, 0) is 0 Å². The van der Waals surface area contributed by atoms with E-state index < -0.39 is 69.9 Å². The van der Waals surface area contributed by atoms with Crippen molar-refractivity contribution in [3.8, 4) is 0 Å². The van der Waals surface area contributed by atoms with Crippen LogP contribution in [0.2, 0.25) is 0 Å². The summed E-state index contributed by atoms with van der Waals surface area (Å²) in [6.45, 7) is -3.56. The Morgan fingerprint density at radius 2 is 0.706 bits per heavy atom. The fraction of sp³-hybridized carbons (Fsp3) is 1.00. The monoisotopic (exact) mass is 582 g/mol. The molecule has 0 fully saturated rings. The molecule has 24 heteroatoms. The van der Waals surface area contributed by atoms with Crippen molar-refractivity contribution in [2.75, 3.05) is 6.61 Å². The van der Waals surface area contributed by atoms with Gasteiger partial charge in [0.15, 0.2) is 6.61 Å². The van der Waals surface area contributed by atoms with Gasteiger partial charge in [0.05, 0.1) is 0 Å². The highest BCUT2D eigenvalue weighted by molar-refractivity contribution is 7.87. The first kappa shape index (κ1) is 32.5. The molecule has 0 saturated carbocycles. The van der Waals surface area contributed by atoms with Gasteiger partial charge in [0.25, 0.3) is 0 Å². The van der Waals surface area contributed by atoms with Crippen LogP contribution in [0.25, 0.3) is 0 Å². The Labute approximate surface area is 171 Å². The van der Waals surface area contributed by atoms with E-state index >= 15 is 0 Å². The molecule has 0 N–H and O–H groups in total. The summed E-state index contributed by atoms with van der Waals surface area (Å²) in [4.78, 5) is 0. The predicted octanol–water partition coefficient (Wildman–Crippen LogP) is 5.86. The number of alkyl halides is 20. The van der Waals surface area contributed by atoms with E-state index in [4.69, 9.17) is 0 Å². The first-order chi connectivity index (χ1) is 14.2. The molecule has 0 aliphatic heterocycles. The maximum atomic E-state index is 13.3. The van der Waals surface area contributed by atoms with E-state index in [0.29, 0.717) is 0 Å². The first-order valence-corrected chi connectivity index (χ1v) is 8.28. The lowest BCUT2D eigenvalue weighted by Crippen LogP contribution is -2.75. The van der Waals surface area contributed by atoms with Crippen LogP contribution in [0.5, 0.6) is 0 Å². The van der Waals surface area contributed by atoms with Crippen LogP contribution < -0.4 is 0 Å². The molecule has 0 saturated heterocycles. The SMILES string of the molecule is O=S(=O)(OCC(F)(F)F)C(F)(F)C(F)(F)C(F)(F)C(F)(F)C(F)(F)C(F)(F)C(F)(F)C(F)(F)F. The molecule has 0 atom stereocenters. The van der Waals surface area contributed by atoms with Crippen LogP contribution >= 0.6 is 0 Å². The van der Waals surface area contributed by atoms with Gasteiger partial charge in [-0.15, -0.1) is 0 Å². The number of hydrogen-bond acceptors (Lipinski definition) is 3. The third-order valence-corrected chi connectivity index (χ3v) is 4.70. The summed E-state index contributed by atoms with van der Waals surface area (Å²) in [5.41, 5.74) is 0. The normalized spacial score (nSPS) is 16.7. The van der Waals surface area contributed by atoms with Gasteiger partial charge in [0.2, 0.25) is 0 Å². The zero-order valence-corrected chi connectivity index (χ0v) is 15.2. The highest BCUT2D eigenvalue weighted by atomic mass is 32.2. The zero-order chi connectivity index (χ0) is 28.4. The second-order valence-electron chi connectivity index (χ2n) is 5.79.